The van der Waals surface area contributed by atoms with Crippen LogP contribution in [0.15, 0.2) is 24.5 Å². The number of carbonyl (C=O) groups excluding carboxylic acids is 1. The predicted molar refractivity (Wildman–Crippen MR) is 118 cm³/mol. The van der Waals surface area contributed by atoms with Gasteiger partial charge in [0.25, 0.3) is 0 Å². The molecule has 0 bridgehead atoms. The molecule has 1 atom stereocenters. The van der Waals surface area contributed by atoms with Gasteiger partial charge in [-0.3, -0.25) is 4.98 Å². The van der Waals surface area contributed by atoms with Crippen molar-refractivity contribution < 1.29 is 9.53 Å². The summed E-state index contributed by atoms with van der Waals surface area (Å²) in [7, 11) is 2.18. The van der Waals surface area contributed by atoms with Gasteiger partial charge in [-0.25, -0.2) is 4.79 Å². The highest BCUT2D eigenvalue weighted by Gasteiger charge is 2.32. The van der Waals surface area contributed by atoms with Gasteiger partial charge in [0.15, 0.2) is 0 Å². The number of carbonyl (C=O) groups is 1. The van der Waals surface area contributed by atoms with Crippen molar-refractivity contribution in [1.82, 2.24) is 19.7 Å². The van der Waals surface area contributed by atoms with Crippen LogP contribution in [0.25, 0.3) is 0 Å². The molecule has 1 aliphatic rings. The van der Waals surface area contributed by atoms with Crippen molar-refractivity contribution >= 4 is 6.09 Å². The molecule has 0 spiro atoms. The molecule has 1 unspecified atom stereocenters. The first kappa shape index (κ1) is 23.6. The summed E-state index contributed by atoms with van der Waals surface area (Å²) in [5.74, 6) is 0.668. The first-order valence-electron chi connectivity index (χ1n) is 10.7. The number of amides is 1. The van der Waals surface area contributed by atoms with Crippen molar-refractivity contribution in [2.45, 2.75) is 65.6 Å². The minimum atomic E-state index is -0.474. The van der Waals surface area contributed by atoms with Crippen LogP contribution < -0.4 is 0 Å². The largest absolute Gasteiger partial charge is 0.444 e. The second-order valence-corrected chi connectivity index (χ2v) is 10.3. The number of nitrogens with zero attached hydrogens (tertiary/aromatic N) is 4. The van der Waals surface area contributed by atoms with Crippen molar-refractivity contribution in [3.63, 3.8) is 0 Å². The maximum absolute atomic E-state index is 12.7. The summed E-state index contributed by atoms with van der Waals surface area (Å²) in [6.45, 7) is 17.7. The van der Waals surface area contributed by atoms with E-state index in [9.17, 15) is 4.79 Å². The minimum absolute atomic E-state index is 0.225. The van der Waals surface area contributed by atoms with Crippen LogP contribution in [-0.2, 0) is 11.3 Å². The third-order valence-electron chi connectivity index (χ3n) is 5.18. The van der Waals surface area contributed by atoms with Gasteiger partial charge >= 0.3 is 6.09 Å². The summed E-state index contributed by atoms with van der Waals surface area (Å²) in [6, 6.07) is 4.12. The first-order chi connectivity index (χ1) is 13.4. The molecule has 1 aliphatic heterocycles. The van der Waals surface area contributed by atoms with E-state index < -0.39 is 5.60 Å². The molecule has 0 aromatic carbocycles. The van der Waals surface area contributed by atoms with Crippen molar-refractivity contribution in [3.05, 3.63) is 30.1 Å². The lowest BCUT2D eigenvalue weighted by Crippen LogP contribution is -2.50. The van der Waals surface area contributed by atoms with E-state index in [1.165, 1.54) is 12.0 Å². The molecule has 1 saturated heterocycles. The number of aromatic nitrogens is 1. The number of hydrogen-bond donors (Lipinski definition) is 0. The molecule has 2 rings (SSSR count). The molecule has 1 amide bonds. The fourth-order valence-corrected chi connectivity index (χ4v) is 3.83. The van der Waals surface area contributed by atoms with Gasteiger partial charge in [0.05, 0.1) is 0 Å². The summed E-state index contributed by atoms with van der Waals surface area (Å²) in [5, 5.41) is 0. The molecule has 0 N–H and O–H groups in total. The van der Waals surface area contributed by atoms with E-state index in [1.807, 2.05) is 44.1 Å². The van der Waals surface area contributed by atoms with E-state index in [0.717, 1.165) is 32.7 Å². The second kappa shape index (κ2) is 9.90. The molecule has 2 heterocycles. The number of ether oxygens (including phenoxy) is 1. The van der Waals surface area contributed by atoms with E-state index in [4.69, 9.17) is 4.74 Å². The molecular weight excluding hydrogens is 364 g/mol. The molecule has 164 valence electrons. The minimum Gasteiger partial charge on any atom is -0.444 e. The fourth-order valence-electron chi connectivity index (χ4n) is 3.83. The molecule has 0 saturated carbocycles. The molecule has 6 heteroatoms. The van der Waals surface area contributed by atoms with Crippen LogP contribution in [0.5, 0.6) is 0 Å². The third kappa shape index (κ3) is 8.31. The molecular formula is C23H40N4O2. The highest BCUT2D eigenvalue weighted by molar-refractivity contribution is 5.69. The Bertz CT molecular complexity index is 637. The van der Waals surface area contributed by atoms with Crippen LogP contribution >= 0.6 is 0 Å². The van der Waals surface area contributed by atoms with E-state index in [1.54, 1.807) is 0 Å². The van der Waals surface area contributed by atoms with Gasteiger partial charge in [0.1, 0.15) is 5.60 Å². The zero-order valence-electron chi connectivity index (χ0n) is 19.4. The standard InChI is InChI=1S/C23H40N4O2/c1-22(2,3)27(21(28)29-23(4,5)6)14-13-26-12-10-20(18-26)17-25(7)16-19-9-8-11-24-15-19/h8-9,11,15,20H,10,12-14,16-18H2,1-7H3. The van der Waals surface area contributed by atoms with Crippen LogP contribution in [0.2, 0.25) is 0 Å². The summed E-state index contributed by atoms with van der Waals surface area (Å²) in [4.78, 5) is 23.6. The van der Waals surface area contributed by atoms with Gasteiger partial charge in [-0.2, -0.15) is 0 Å². The SMILES string of the molecule is CN(Cc1cccnc1)CC1CCN(CCN(C(=O)OC(C)(C)C)C(C)(C)C)C1. The van der Waals surface area contributed by atoms with Crippen molar-refractivity contribution in [2.75, 3.05) is 39.8 Å². The smallest absolute Gasteiger partial charge is 0.410 e. The van der Waals surface area contributed by atoms with Gasteiger partial charge in [-0.05, 0) is 79.1 Å². The maximum atomic E-state index is 12.7. The van der Waals surface area contributed by atoms with Crippen molar-refractivity contribution in [1.29, 1.82) is 0 Å². The van der Waals surface area contributed by atoms with Gasteiger partial charge in [0, 0.05) is 50.7 Å². The normalized spacial score (nSPS) is 18.3. The van der Waals surface area contributed by atoms with Gasteiger partial charge < -0.3 is 19.4 Å². The predicted octanol–water partition coefficient (Wildman–Crippen LogP) is 3.87. The Hall–Kier alpha value is -1.66. The topological polar surface area (TPSA) is 48.9 Å². The van der Waals surface area contributed by atoms with Gasteiger partial charge in [-0.1, -0.05) is 6.07 Å². The molecule has 29 heavy (non-hydrogen) atoms. The summed E-state index contributed by atoms with van der Waals surface area (Å²) < 4.78 is 5.63. The Morgan fingerprint density at radius 3 is 2.59 bits per heavy atom. The van der Waals surface area contributed by atoms with Crippen molar-refractivity contribution in [2.24, 2.45) is 5.92 Å². The number of hydrogen-bond acceptors (Lipinski definition) is 5. The third-order valence-corrected chi connectivity index (χ3v) is 5.18. The molecule has 1 aromatic rings. The van der Waals surface area contributed by atoms with Crippen LogP contribution in [0.3, 0.4) is 0 Å². The average molecular weight is 405 g/mol. The molecule has 6 nitrogen and oxygen atoms in total. The number of likely N-dealkylation sites (tertiary alicyclic amines) is 1. The summed E-state index contributed by atoms with van der Waals surface area (Å²) >= 11 is 0. The van der Waals surface area contributed by atoms with Gasteiger partial charge in [0.2, 0.25) is 0 Å². The Balaban J connectivity index is 1.81. The van der Waals surface area contributed by atoms with Crippen LogP contribution in [0.4, 0.5) is 4.79 Å². The highest BCUT2D eigenvalue weighted by atomic mass is 16.6. The monoisotopic (exact) mass is 404 g/mol. The maximum Gasteiger partial charge on any atom is 0.410 e. The molecule has 1 aromatic heterocycles. The first-order valence-corrected chi connectivity index (χ1v) is 10.7. The van der Waals surface area contributed by atoms with E-state index in [2.05, 4.69) is 48.7 Å². The van der Waals surface area contributed by atoms with E-state index in [0.29, 0.717) is 12.5 Å². The Morgan fingerprint density at radius 1 is 1.28 bits per heavy atom. The van der Waals surface area contributed by atoms with Gasteiger partial charge in [-0.15, -0.1) is 0 Å². The lowest BCUT2D eigenvalue weighted by atomic mass is 10.1. The average Bonchev–Trinajstić information content (AvgIpc) is 3.00. The van der Waals surface area contributed by atoms with Crippen LogP contribution in [-0.4, -0.2) is 76.7 Å². The summed E-state index contributed by atoms with van der Waals surface area (Å²) in [6.07, 6.45) is 4.74. The van der Waals surface area contributed by atoms with Crippen LogP contribution in [0.1, 0.15) is 53.5 Å². The Morgan fingerprint density at radius 2 is 2.00 bits per heavy atom. The zero-order valence-corrected chi connectivity index (χ0v) is 19.4. The van der Waals surface area contributed by atoms with E-state index >= 15 is 0 Å². The molecule has 0 aliphatic carbocycles. The zero-order chi connectivity index (χ0) is 21.7. The quantitative estimate of drug-likeness (QED) is 0.690. The lowest BCUT2D eigenvalue weighted by molar-refractivity contribution is 0.00430. The molecule has 1 fully saturated rings. The Kier molecular flexibility index (Phi) is 8.06. The second-order valence-electron chi connectivity index (χ2n) is 10.3. The van der Waals surface area contributed by atoms with Crippen LogP contribution in [0, 0.1) is 5.92 Å². The Labute approximate surface area is 177 Å². The fraction of sp³-hybridized carbons (Fsp3) is 0.739. The number of rotatable bonds is 7. The van der Waals surface area contributed by atoms with E-state index in [-0.39, 0.29) is 11.6 Å². The molecule has 0 radical (unpaired) electrons. The number of pyridine rings is 1. The highest BCUT2D eigenvalue weighted by Crippen LogP contribution is 2.21. The van der Waals surface area contributed by atoms with Crippen molar-refractivity contribution in [3.8, 4) is 0 Å². The lowest BCUT2D eigenvalue weighted by Gasteiger charge is -2.37. The summed E-state index contributed by atoms with van der Waals surface area (Å²) in [5.41, 5.74) is 0.520.